The second-order valence-electron chi connectivity index (χ2n) is 3.83. The Morgan fingerprint density at radius 2 is 2.00 bits per heavy atom. The van der Waals surface area contributed by atoms with Crippen LogP contribution in [0, 0.1) is 0 Å². The highest BCUT2D eigenvalue weighted by molar-refractivity contribution is 5.16. The smallest absolute Gasteiger partial charge is 0.0951 e. The first kappa shape index (κ1) is 10.9. The fraction of sp³-hybridized carbons (Fsp3) is 0.308. The van der Waals surface area contributed by atoms with Gasteiger partial charge in [-0.3, -0.25) is 0 Å². The molecule has 3 nitrogen and oxygen atoms in total. The van der Waals surface area contributed by atoms with Gasteiger partial charge in [0.2, 0.25) is 0 Å². The van der Waals surface area contributed by atoms with E-state index in [1.807, 2.05) is 30.7 Å². The Labute approximate surface area is 95.4 Å². The third-order valence-electron chi connectivity index (χ3n) is 2.59. The van der Waals surface area contributed by atoms with Gasteiger partial charge in [-0.05, 0) is 18.4 Å². The first-order valence-electron chi connectivity index (χ1n) is 5.54. The molecule has 1 heterocycles. The number of benzene rings is 1. The standard InChI is InChI=1S/C13H16N2O/c16-8-4-7-13-9-14-11-15(13)10-12-5-2-1-3-6-12/h1-3,5-6,9,11,16H,4,7-8,10H2. The molecule has 1 N–H and O–H groups in total. The number of rotatable bonds is 5. The summed E-state index contributed by atoms with van der Waals surface area (Å²) in [6, 6.07) is 10.3. The quantitative estimate of drug-likeness (QED) is 0.828. The Morgan fingerprint density at radius 1 is 1.19 bits per heavy atom. The van der Waals surface area contributed by atoms with Crippen LogP contribution >= 0.6 is 0 Å². The van der Waals surface area contributed by atoms with Crippen LogP contribution in [-0.4, -0.2) is 21.3 Å². The molecule has 0 radical (unpaired) electrons. The summed E-state index contributed by atoms with van der Waals surface area (Å²) in [5.74, 6) is 0. The van der Waals surface area contributed by atoms with Crippen molar-refractivity contribution in [3.8, 4) is 0 Å². The molecule has 0 saturated carbocycles. The molecule has 0 aliphatic rings. The molecule has 0 amide bonds. The molecule has 0 bridgehead atoms. The number of hydrogen-bond donors (Lipinski definition) is 1. The average molecular weight is 216 g/mol. The molecule has 0 fully saturated rings. The third-order valence-corrected chi connectivity index (χ3v) is 2.59. The molecule has 84 valence electrons. The van der Waals surface area contributed by atoms with Crippen molar-refractivity contribution in [2.45, 2.75) is 19.4 Å². The van der Waals surface area contributed by atoms with Gasteiger partial charge in [0.05, 0.1) is 6.33 Å². The van der Waals surface area contributed by atoms with Crippen LogP contribution in [-0.2, 0) is 13.0 Å². The second-order valence-corrected chi connectivity index (χ2v) is 3.83. The summed E-state index contributed by atoms with van der Waals surface area (Å²) in [6.07, 6.45) is 5.39. The largest absolute Gasteiger partial charge is 0.396 e. The van der Waals surface area contributed by atoms with Crippen LogP contribution in [0.1, 0.15) is 17.7 Å². The summed E-state index contributed by atoms with van der Waals surface area (Å²) < 4.78 is 2.13. The van der Waals surface area contributed by atoms with Crippen LogP contribution in [0.3, 0.4) is 0 Å². The number of aliphatic hydroxyl groups is 1. The summed E-state index contributed by atoms with van der Waals surface area (Å²) in [5, 5.41) is 8.82. The Morgan fingerprint density at radius 3 is 2.75 bits per heavy atom. The molecule has 0 spiro atoms. The van der Waals surface area contributed by atoms with Gasteiger partial charge >= 0.3 is 0 Å². The summed E-state index contributed by atoms with van der Waals surface area (Å²) >= 11 is 0. The van der Waals surface area contributed by atoms with Gasteiger partial charge in [0.25, 0.3) is 0 Å². The number of nitrogens with zero attached hydrogens (tertiary/aromatic N) is 2. The fourth-order valence-electron chi connectivity index (χ4n) is 1.74. The summed E-state index contributed by atoms with van der Waals surface area (Å²) in [4.78, 5) is 4.15. The van der Waals surface area contributed by atoms with E-state index in [0.717, 1.165) is 19.4 Å². The molecule has 2 rings (SSSR count). The highest BCUT2D eigenvalue weighted by atomic mass is 16.2. The number of aromatic nitrogens is 2. The highest BCUT2D eigenvalue weighted by Gasteiger charge is 2.02. The average Bonchev–Trinajstić information content (AvgIpc) is 2.75. The van der Waals surface area contributed by atoms with Crippen molar-refractivity contribution in [3.05, 3.63) is 54.1 Å². The summed E-state index contributed by atoms with van der Waals surface area (Å²) in [7, 11) is 0. The van der Waals surface area contributed by atoms with Crippen LogP contribution in [0.15, 0.2) is 42.9 Å². The molecule has 0 unspecified atom stereocenters. The SMILES string of the molecule is OCCCc1cncn1Cc1ccccc1. The van der Waals surface area contributed by atoms with Crippen LogP contribution in [0.2, 0.25) is 0 Å². The van der Waals surface area contributed by atoms with Crippen molar-refractivity contribution >= 4 is 0 Å². The van der Waals surface area contributed by atoms with Crippen LogP contribution in [0.25, 0.3) is 0 Å². The van der Waals surface area contributed by atoms with E-state index in [1.54, 1.807) is 0 Å². The van der Waals surface area contributed by atoms with Crippen molar-refractivity contribution in [3.63, 3.8) is 0 Å². The highest BCUT2D eigenvalue weighted by Crippen LogP contribution is 2.07. The van der Waals surface area contributed by atoms with E-state index >= 15 is 0 Å². The van der Waals surface area contributed by atoms with Crippen molar-refractivity contribution in [2.24, 2.45) is 0 Å². The van der Waals surface area contributed by atoms with Crippen molar-refractivity contribution in [2.75, 3.05) is 6.61 Å². The fourth-order valence-corrected chi connectivity index (χ4v) is 1.74. The molecule has 2 aromatic rings. The van der Waals surface area contributed by atoms with Gasteiger partial charge in [-0.25, -0.2) is 4.98 Å². The first-order chi connectivity index (χ1) is 7.90. The monoisotopic (exact) mass is 216 g/mol. The van der Waals surface area contributed by atoms with Gasteiger partial charge < -0.3 is 9.67 Å². The van der Waals surface area contributed by atoms with E-state index < -0.39 is 0 Å². The minimum atomic E-state index is 0.233. The van der Waals surface area contributed by atoms with Crippen LogP contribution in [0.5, 0.6) is 0 Å². The van der Waals surface area contributed by atoms with E-state index in [1.165, 1.54) is 11.3 Å². The van der Waals surface area contributed by atoms with E-state index in [0.29, 0.717) is 0 Å². The lowest BCUT2D eigenvalue weighted by molar-refractivity contribution is 0.287. The Balaban J connectivity index is 2.07. The molecule has 3 heteroatoms. The number of hydrogen-bond acceptors (Lipinski definition) is 2. The Hall–Kier alpha value is -1.61. The molecule has 1 aromatic carbocycles. The second kappa shape index (κ2) is 5.47. The van der Waals surface area contributed by atoms with E-state index in [2.05, 4.69) is 21.7 Å². The van der Waals surface area contributed by atoms with Gasteiger partial charge in [0, 0.05) is 25.0 Å². The minimum absolute atomic E-state index is 0.233. The Bertz CT molecular complexity index is 423. The maximum Gasteiger partial charge on any atom is 0.0951 e. The predicted octanol–water partition coefficient (Wildman–Crippen LogP) is 1.86. The third kappa shape index (κ3) is 2.70. The molecular formula is C13H16N2O. The van der Waals surface area contributed by atoms with Crippen molar-refractivity contribution in [1.29, 1.82) is 0 Å². The van der Waals surface area contributed by atoms with Gasteiger partial charge in [0.1, 0.15) is 0 Å². The van der Waals surface area contributed by atoms with Gasteiger partial charge in [0.15, 0.2) is 0 Å². The summed E-state index contributed by atoms with van der Waals surface area (Å²) in [5.41, 5.74) is 2.45. The summed E-state index contributed by atoms with van der Waals surface area (Å²) in [6.45, 7) is 1.08. The van der Waals surface area contributed by atoms with Crippen LogP contribution in [0.4, 0.5) is 0 Å². The lowest BCUT2D eigenvalue weighted by atomic mass is 10.2. The molecule has 16 heavy (non-hydrogen) atoms. The zero-order valence-corrected chi connectivity index (χ0v) is 9.21. The molecule has 0 saturated heterocycles. The van der Waals surface area contributed by atoms with E-state index in [-0.39, 0.29) is 6.61 Å². The zero-order chi connectivity index (χ0) is 11.2. The molecule has 1 aromatic heterocycles. The zero-order valence-electron chi connectivity index (χ0n) is 9.21. The van der Waals surface area contributed by atoms with Crippen LogP contribution < -0.4 is 0 Å². The number of aliphatic hydroxyl groups excluding tert-OH is 1. The maximum atomic E-state index is 8.82. The lowest BCUT2D eigenvalue weighted by Crippen LogP contribution is -2.03. The normalized spacial score (nSPS) is 10.6. The van der Waals surface area contributed by atoms with Gasteiger partial charge in [-0.1, -0.05) is 30.3 Å². The maximum absolute atomic E-state index is 8.82. The van der Waals surface area contributed by atoms with Gasteiger partial charge in [-0.2, -0.15) is 0 Å². The van der Waals surface area contributed by atoms with Crippen molar-refractivity contribution < 1.29 is 5.11 Å². The number of imidazole rings is 1. The van der Waals surface area contributed by atoms with Gasteiger partial charge in [-0.15, -0.1) is 0 Å². The first-order valence-corrected chi connectivity index (χ1v) is 5.54. The Kier molecular flexibility index (Phi) is 3.72. The number of aryl methyl sites for hydroxylation is 1. The lowest BCUT2D eigenvalue weighted by Gasteiger charge is -2.07. The molecule has 0 aliphatic heterocycles. The molecule has 0 atom stereocenters. The topological polar surface area (TPSA) is 38.1 Å². The van der Waals surface area contributed by atoms with E-state index in [9.17, 15) is 0 Å². The van der Waals surface area contributed by atoms with Crippen molar-refractivity contribution in [1.82, 2.24) is 9.55 Å². The minimum Gasteiger partial charge on any atom is -0.396 e. The molecular weight excluding hydrogens is 200 g/mol. The molecule has 0 aliphatic carbocycles. The predicted molar refractivity (Wildman–Crippen MR) is 63.2 cm³/mol. The van der Waals surface area contributed by atoms with E-state index in [4.69, 9.17) is 5.11 Å².